The summed E-state index contributed by atoms with van der Waals surface area (Å²) in [6.45, 7) is 1.96. The van der Waals surface area contributed by atoms with Crippen LogP contribution in [0.2, 0.25) is 15.1 Å². The van der Waals surface area contributed by atoms with E-state index in [-0.39, 0.29) is 0 Å². The number of hydrogen-bond acceptors (Lipinski definition) is 1. The highest BCUT2D eigenvalue weighted by Crippen LogP contribution is 2.31. The van der Waals surface area contributed by atoms with E-state index in [0.29, 0.717) is 15.1 Å². The van der Waals surface area contributed by atoms with Gasteiger partial charge in [-0.3, -0.25) is 0 Å². The molecule has 1 aliphatic heterocycles. The van der Waals surface area contributed by atoms with Gasteiger partial charge in [-0.15, -0.1) is 0 Å². The van der Waals surface area contributed by atoms with Crippen LogP contribution in [0.1, 0.15) is 18.4 Å². The standard InChI is InChI=1S/C11H10Cl3NS/c12-7-5-8(13)10(9(14)6-7)11(16)15-3-1-2-4-15/h5-6H,1-4H2. The number of hydrogen-bond donors (Lipinski definition) is 0. The van der Waals surface area contributed by atoms with Gasteiger partial charge in [0.15, 0.2) is 0 Å². The Kier molecular flexibility index (Phi) is 3.96. The highest BCUT2D eigenvalue weighted by atomic mass is 35.5. The molecule has 0 aromatic heterocycles. The first kappa shape index (κ1) is 12.4. The molecule has 5 heteroatoms. The average Bonchev–Trinajstić information content (AvgIpc) is 2.67. The molecule has 1 saturated heterocycles. The van der Waals surface area contributed by atoms with Crippen molar-refractivity contribution in [1.82, 2.24) is 4.90 Å². The summed E-state index contributed by atoms with van der Waals surface area (Å²) in [7, 11) is 0. The second-order valence-corrected chi connectivity index (χ2v) is 5.38. The summed E-state index contributed by atoms with van der Waals surface area (Å²) >= 11 is 23.5. The molecule has 1 aromatic carbocycles. The van der Waals surface area contributed by atoms with Gasteiger partial charge in [0.05, 0.1) is 10.0 Å². The zero-order valence-corrected chi connectivity index (χ0v) is 11.6. The maximum Gasteiger partial charge on any atom is 0.112 e. The lowest BCUT2D eigenvalue weighted by Crippen LogP contribution is -2.27. The van der Waals surface area contributed by atoms with Crippen LogP contribution >= 0.6 is 47.0 Å². The van der Waals surface area contributed by atoms with Crippen LogP contribution in [-0.2, 0) is 0 Å². The highest BCUT2D eigenvalue weighted by Gasteiger charge is 2.20. The molecule has 0 unspecified atom stereocenters. The van der Waals surface area contributed by atoms with Crippen LogP contribution in [-0.4, -0.2) is 23.0 Å². The molecule has 1 aliphatic rings. The lowest BCUT2D eigenvalue weighted by molar-refractivity contribution is 0.530. The maximum atomic E-state index is 6.13. The van der Waals surface area contributed by atoms with E-state index < -0.39 is 0 Å². The maximum absolute atomic E-state index is 6.13. The number of rotatable bonds is 1. The van der Waals surface area contributed by atoms with E-state index in [2.05, 4.69) is 4.90 Å². The summed E-state index contributed by atoms with van der Waals surface area (Å²) in [5.74, 6) is 0. The second-order valence-electron chi connectivity index (χ2n) is 3.74. The molecule has 86 valence electrons. The van der Waals surface area contributed by atoms with Gasteiger partial charge < -0.3 is 4.90 Å². The number of benzene rings is 1. The Morgan fingerprint density at radius 1 is 1.06 bits per heavy atom. The fourth-order valence-corrected chi connectivity index (χ4v) is 3.34. The molecule has 16 heavy (non-hydrogen) atoms. The number of nitrogens with zero attached hydrogens (tertiary/aromatic N) is 1. The third-order valence-corrected chi connectivity index (χ3v) is 3.89. The van der Waals surface area contributed by atoms with Crippen molar-refractivity contribution < 1.29 is 0 Å². The Morgan fingerprint density at radius 3 is 2.06 bits per heavy atom. The smallest absolute Gasteiger partial charge is 0.112 e. The molecule has 0 saturated carbocycles. The SMILES string of the molecule is S=C(c1c(Cl)cc(Cl)cc1Cl)N1CCCC1. The summed E-state index contributed by atoms with van der Waals surface area (Å²) in [5.41, 5.74) is 0.727. The van der Waals surface area contributed by atoms with Gasteiger partial charge in [-0.1, -0.05) is 47.0 Å². The zero-order valence-electron chi connectivity index (χ0n) is 8.47. The van der Waals surface area contributed by atoms with E-state index in [0.717, 1.165) is 23.6 Å². The fraction of sp³-hybridized carbons (Fsp3) is 0.364. The number of halogens is 3. The van der Waals surface area contributed by atoms with E-state index in [9.17, 15) is 0 Å². The summed E-state index contributed by atoms with van der Waals surface area (Å²) in [5, 5.41) is 1.58. The summed E-state index contributed by atoms with van der Waals surface area (Å²) < 4.78 is 0. The van der Waals surface area contributed by atoms with Gasteiger partial charge in [-0.2, -0.15) is 0 Å². The van der Waals surface area contributed by atoms with Crippen LogP contribution in [0.15, 0.2) is 12.1 Å². The third-order valence-electron chi connectivity index (χ3n) is 2.61. The first-order chi connectivity index (χ1) is 7.59. The van der Waals surface area contributed by atoms with Crippen molar-refractivity contribution >= 4 is 52.0 Å². The van der Waals surface area contributed by atoms with Crippen molar-refractivity contribution in [3.05, 3.63) is 32.8 Å². The molecule has 0 amide bonds. The Balaban J connectivity index is 2.35. The molecule has 0 bridgehead atoms. The Hall–Kier alpha value is -0.0200. The quantitative estimate of drug-likeness (QED) is 0.706. The lowest BCUT2D eigenvalue weighted by Gasteiger charge is -2.20. The molecule has 1 heterocycles. The van der Waals surface area contributed by atoms with Crippen molar-refractivity contribution in [2.75, 3.05) is 13.1 Å². The molecule has 0 aliphatic carbocycles. The van der Waals surface area contributed by atoms with Gasteiger partial charge in [0.25, 0.3) is 0 Å². The third kappa shape index (κ3) is 2.45. The van der Waals surface area contributed by atoms with Crippen LogP contribution in [0.4, 0.5) is 0 Å². The monoisotopic (exact) mass is 293 g/mol. The molecule has 1 fully saturated rings. The first-order valence-corrected chi connectivity index (χ1v) is 6.57. The highest BCUT2D eigenvalue weighted by molar-refractivity contribution is 7.80. The van der Waals surface area contributed by atoms with Crippen LogP contribution in [0, 0.1) is 0 Å². The Labute approximate surface area is 115 Å². The van der Waals surface area contributed by atoms with Crippen LogP contribution < -0.4 is 0 Å². The molecule has 1 aromatic rings. The Bertz CT molecular complexity index is 404. The van der Waals surface area contributed by atoms with E-state index in [1.165, 1.54) is 12.8 Å². The minimum absolute atomic E-state index is 0.523. The molecule has 0 atom stereocenters. The van der Waals surface area contributed by atoms with Crippen molar-refractivity contribution in [2.24, 2.45) is 0 Å². The predicted molar refractivity (Wildman–Crippen MR) is 74.0 cm³/mol. The van der Waals surface area contributed by atoms with Crippen molar-refractivity contribution in [1.29, 1.82) is 0 Å². The molecule has 0 radical (unpaired) electrons. The van der Waals surface area contributed by atoms with Crippen molar-refractivity contribution in [2.45, 2.75) is 12.8 Å². The summed E-state index contributed by atoms with van der Waals surface area (Å²) in [6, 6.07) is 3.35. The second kappa shape index (κ2) is 5.09. The van der Waals surface area contributed by atoms with E-state index in [1.54, 1.807) is 12.1 Å². The van der Waals surface area contributed by atoms with Gasteiger partial charge in [-0.25, -0.2) is 0 Å². The topological polar surface area (TPSA) is 3.24 Å². The van der Waals surface area contributed by atoms with Gasteiger partial charge >= 0.3 is 0 Å². The molecule has 0 N–H and O–H groups in total. The van der Waals surface area contributed by atoms with Gasteiger partial charge in [-0.05, 0) is 25.0 Å². The van der Waals surface area contributed by atoms with Crippen molar-refractivity contribution in [3.63, 3.8) is 0 Å². The van der Waals surface area contributed by atoms with Crippen LogP contribution in [0.3, 0.4) is 0 Å². The van der Waals surface area contributed by atoms with E-state index >= 15 is 0 Å². The summed E-state index contributed by atoms with van der Waals surface area (Å²) in [6.07, 6.45) is 2.34. The van der Waals surface area contributed by atoms with Gasteiger partial charge in [0.1, 0.15) is 4.99 Å². The first-order valence-electron chi connectivity index (χ1n) is 5.03. The van der Waals surface area contributed by atoms with E-state index in [4.69, 9.17) is 47.0 Å². The minimum atomic E-state index is 0.523. The normalized spacial score (nSPS) is 15.6. The average molecular weight is 295 g/mol. The molecular weight excluding hydrogens is 285 g/mol. The largest absolute Gasteiger partial charge is 0.362 e. The molecule has 0 spiro atoms. The van der Waals surface area contributed by atoms with Gasteiger partial charge in [0, 0.05) is 23.7 Å². The van der Waals surface area contributed by atoms with Gasteiger partial charge in [0.2, 0.25) is 0 Å². The summed E-state index contributed by atoms with van der Waals surface area (Å²) in [4.78, 5) is 2.86. The molecule has 1 nitrogen and oxygen atoms in total. The van der Waals surface area contributed by atoms with Crippen LogP contribution in [0.25, 0.3) is 0 Å². The number of thiocarbonyl (C=S) groups is 1. The molecular formula is C11H10Cl3NS. The molecule has 2 rings (SSSR count). The van der Waals surface area contributed by atoms with Crippen LogP contribution in [0.5, 0.6) is 0 Å². The lowest BCUT2D eigenvalue weighted by atomic mass is 10.2. The van der Waals surface area contributed by atoms with E-state index in [1.807, 2.05) is 0 Å². The predicted octanol–water partition coefficient (Wildman–Crippen LogP) is 4.42. The van der Waals surface area contributed by atoms with Crippen molar-refractivity contribution in [3.8, 4) is 0 Å². The zero-order chi connectivity index (χ0) is 11.7. The number of likely N-dealkylation sites (tertiary alicyclic amines) is 1. The fourth-order valence-electron chi connectivity index (χ4n) is 1.82. The minimum Gasteiger partial charge on any atom is -0.362 e. The Morgan fingerprint density at radius 2 is 1.56 bits per heavy atom.